The molecular formula is C12H15NO2. The van der Waals surface area contributed by atoms with Gasteiger partial charge in [-0.1, -0.05) is 6.92 Å². The van der Waals surface area contributed by atoms with Gasteiger partial charge in [0.2, 0.25) is 5.91 Å². The van der Waals surface area contributed by atoms with Crippen LogP contribution in [0.5, 0.6) is 5.75 Å². The average Bonchev–Trinajstić information content (AvgIpc) is 2.27. The van der Waals surface area contributed by atoms with Gasteiger partial charge in [0.1, 0.15) is 5.75 Å². The van der Waals surface area contributed by atoms with Crippen molar-refractivity contribution in [2.24, 2.45) is 0 Å². The van der Waals surface area contributed by atoms with Gasteiger partial charge in [0.05, 0.1) is 7.11 Å². The van der Waals surface area contributed by atoms with Gasteiger partial charge in [-0.25, -0.2) is 0 Å². The number of hydrogen-bond donors (Lipinski definition) is 1. The molecule has 3 nitrogen and oxygen atoms in total. The Morgan fingerprint density at radius 1 is 1.53 bits per heavy atom. The SMILES string of the molecule is CCC1CC(=O)Nc2ccc(OC)cc21. The molecule has 3 heteroatoms. The average molecular weight is 205 g/mol. The molecular weight excluding hydrogens is 190 g/mol. The number of benzene rings is 1. The molecule has 2 rings (SSSR count). The molecule has 80 valence electrons. The molecule has 1 aliphatic rings. The van der Waals surface area contributed by atoms with Crippen molar-refractivity contribution < 1.29 is 9.53 Å². The van der Waals surface area contributed by atoms with E-state index in [0.717, 1.165) is 17.9 Å². The Bertz CT molecular complexity index is 387. The van der Waals surface area contributed by atoms with Crippen LogP contribution in [0, 0.1) is 0 Å². The summed E-state index contributed by atoms with van der Waals surface area (Å²) in [5.41, 5.74) is 2.12. The van der Waals surface area contributed by atoms with Crippen LogP contribution in [-0.4, -0.2) is 13.0 Å². The van der Waals surface area contributed by atoms with E-state index in [2.05, 4.69) is 12.2 Å². The molecule has 0 spiro atoms. The summed E-state index contributed by atoms with van der Waals surface area (Å²) in [5, 5.41) is 2.88. The topological polar surface area (TPSA) is 38.3 Å². The first kappa shape index (κ1) is 10.0. The van der Waals surface area contributed by atoms with Gasteiger partial charge in [-0.15, -0.1) is 0 Å². The van der Waals surface area contributed by atoms with Crippen molar-refractivity contribution in [2.45, 2.75) is 25.7 Å². The highest BCUT2D eigenvalue weighted by Gasteiger charge is 2.23. The van der Waals surface area contributed by atoms with Gasteiger partial charge >= 0.3 is 0 Å². The van der Waals surface area contributed by atoms with Crippen molar-refractivity contribution in [1.82, 2.24) is 0 Å². The number of ether oxygens (including phenoxy) is 1. The van der Waals surface area contributed by atoms with E-state index in [4.69, 9.17) is 4.74 Å². The van der Waals surface area contributed by atoms with Crippen LogP contribution in [0.25, 0.3) is 0 Å². The molecule has 1 unspecified atom stereocenters. The van der Waals surface area contributed by atoms with Crippen LogP contribution < -0.4 is 10.1 Å². The van der Waals surface area contributed by atoms with E-state index >= 15 is 0 Å². The molecule has 0 saturated carbocycles. The molecule has 1 aromatic carbocycles. The van der Waals surface area contributed by atoms with Crippen LogP contribution in [0.15, 0.2) is 18.2 Å². The molecule has 15 heavy (non-hydrogen) atoms. The second-order valence-electron chi connectivity index (χ2n) is 3.81. The van der Waals surface area contributed by atoms with Crippen LogP contribution in [-0.2, 0) is 4.79 Å². The zero-order valence-electron chi connectivity index (χ0n) is 9.04. The first-order chi connectivity index (χ1) is 7.24. The van der Waals surface area contributed by atoms with Gasteiger partial charge in [0, 0.05) is 12.1 Å². The molecule has 1 aliphatic heterocycles. The van der Waals surface area contributed by atoms with Crippen molar-refractivity contribution >= 4 is 11.6 Å². The van der Waals surface area contributed by atoms with Crippen molar-refractivity contribution in [3.05, 3.63) is 23.8 Å². The number of rotatable bonds is 2. The maximum absolute atomic E-state index is 11.4. The first-order valence-electron chi connectivity index (χ1n) is 5.22. The quantitative estimate of drug-likeness (QED) is 0.805. The van der Waals surface area contributed by atoms with E-state index in [0.29, 0.717) is 12.3 Å². The van der Waals surface area contributed by atoms with Crippen molar-refractivity contribution in [2.75, 3.05) is 12.4 Å². The van der Waals surface area contributed by atoms with E-state index in [1.165, 1.54) is 5.56 Å². The summed E-state index contributed by atoms with van der Waals surface area (Å²) in [4.78, 5) is 11.4. The fraction of sp³-hybridized carbons (Fsp3) is 0.417. The van der Waals surface area contributed by atoms with Gasteiger partial charge in [0.25, 0.3) is 0 Å². The van der Waals surface area contributed by atoms with Gasteiger partial charge in [-0.3, -0.25) is 4.79 Å². The molecule has 1 aromatic rings. The predicted octanol–water partition coefficient (Wildman–Crippen LogP) is 2.53. The number of methoxy groups -OCH3 is 1. The van der Waals surface area contributed by atoms with E-state index in [1.54, 1.807) is 7.11 Å². The van der Waals surface area contributed by atoms with Crippen molar-refractivity contribution in [3.63, 3.8) is 0 Å². The summed E-state index contributed by atoms with van der Waals surface area (Å²) in [6.07, 6.45) is 1.56. The summed E-state index contributed by atoms with van der Waals surface area (Å²) in [6, 6.07) is 5.80. The zero-order chi connectivity index (χ0) is 10.8. The van der Waals surface area contributed by atoms with E-state index in [-0.39, 0.29) is 5.91 Å². The van der Waals surface area contributed by atoms with Gasteiger partial charge < -0.3 is 10.1 Å². The monoisotopic (exact) mass is 205 g/mol. The Kier molecular flexibility index (Phi) is 2.62. The van der Waals surface area contributed by atoms with E-state index < -0.39 is 0 Å². The van der Waals surface area contributed by atoms with Crippen LogP contribution in [0.1, 0.15) is 31.2 Å². The number of anilines is 1. The third-order valence-corrected chi connectivity index (χ3v) is 2.90. The molecule has 1 atom stereocenters. The van der Waals surface area contributed by atoms with E-state index in [9.17, 15) is 4.79 Å². The fourth-order valence-corrected chi connectivity index (χ4v) is 2.02. The third-order valence-electron chi connectivity index (χ3n) is 2.90. The van der Waals surface area contributed by atoms with Crippen LogP contribution in [0.2, 0.25) is 0 Å². The largest absolute Gasteiger partial charge is 0.497 e. The van der Waals surface area contributed by atoms with Crippen LogP contribution in [0.4, 0.5) is 5.69 Å². The summed E-state index contributed by atoms with van der Waals surface area (Å²) < 4.78 is 5.19. The number of fused-ring (bicyclic) bond motifs is 1. The highest BCUT2D eigenvalue weighted by molar-refractivity contribution is 5.94. The molecule has 0 aliphatic carbocycles. The lowest BCUT2D eigenvalue weighted by atomic mass is 9.88. The lowest BCUT2D eigenvalue weighted by Gasteiger charge is -2.24. The minimum atomic E-state index is 0.111. The maximum Gasteiger partial charge on any atom is 0.224 e. The molecule has 1 heterocycles. The molecule has 1 N–H and O–H groups in total. The fourth-order valence-electron chi connectivity index (χ4n) is 2.02. The van der Waals surface area contributed by atoms with Gasteiger partial charge in [-0.05, 0) is 36.1 Å². The van der Waals surface area contributed by atoms with Gasteiger partial charge in [-0.2, -0.15) is 0 Å². The Morgan fingerprint density at radius 3 is 3.00 bits per heavy atom. The van der Waals surface area contributed by atoms with E-state index in [1.807, 2.05) is 18.2 Å². The summed E-state index contributed by atoms with van der Waals surface area (Å²) in [7, 11) is 1.66. The number of amides is 1. The zero-order valence-corrected chi connectivity index (χ0v) is 9.04. The van der Waals surface area contributed by atoms with Crippen LogP contribution >= 0.6 is 0 Å². The minimum absolute atomic E-state index is 0.111. The molecule has 0 aromatic heterocycles. The lowest BCUT2D eigenvalue weighted by molar-refractivity contribution is -0.116. The summed E-state index contributed by atoms with van der Waals surface area (Å²) >= 11 is 0. The van der Waals surface area contributed by atoms with Crippen molar-refractivity contribution in [1.29, 1.82) is 0 Å². The van der Waals surface area contributed by atoms with Gasteiger partial charge in [0.15, 0.2) is 0 Å². The predicted molar refractivity (Wildman–Crippen MR) is 59.3 cm³/mol. The Morgan fingerprint density at radius 2 is 2.33 bits per heavy atom. The van der Waals surface area contributed by atoms with Crippen molar-refractivity contribution in [3.8, 4) is 5.75 Å². The Hall–Kier alpha value is -1.51. The summed E-state index contributed by atoms with van der Waals surface area (Å²) in [5.74, 6) is 1.28. The lowest BCUT2D eigenvalue weighted by Crippen LogP contribution is -2.22. The highest BCUT2D eigenvalue weighted by Crippen LogP contribution is 2.36. The third kappa shape index (κ3) is 1.82. The molecule has 0 saturated heterocycles. The second kappa shape index (κ2) is 3.93. The Balaban J connectivity index is 2.42. The maximum atomic E-state index is 11.4. The first-order valence-corrected chi connectivity index (χ1v) is 5.22. The normalized spacial score (nSPS) is 19.3. The molecule has 0 fully saturated rings. The number of carbonyl (C=O) groups is 1. The second-order valence-corrected chi connectivity index (χ2v) is 3.81. The number of carbonyl (C=O) groups excluding carboxylic acids is 1. The van der Waals surface area contributed by atoms with Crippen LogP contribution in [0.3, 0.4) is 0 Å². The molecule has 0 bridgehead atoms. The number of hydrogen-bond acceptors (Lipinski definition) is 2. The number of nitrogens with one attached hydrogen (secondary N) is 1. The highest BCUT2D eigenvalue weighted by atomic mass is 16.5. The minimum Gasteiger partial charge on any atom is -0.497 e. The molecule has 0 radical (unpaired) electrons. The standard InChI is InChI=1S/C12H15NO2/c1-3-8-6-12(14)13-11-5-4-9(15-2)7-10(8)11/h4-5,7-8H,3,6H2,1-2H3,(H,13,14). The summed E-state index contributed by atoms with van der Waals surface area (Å²) in [6.45, 7) is 2.10. The smallest absolute Gasteiger partial charge is 0.224 e. The molecule has 1 amide bonds. The Labute approximate surface area is 89.4 Å².